The molecule has 0 fully saturated rings. The maximum Gasteiger partial charge on any atom is 0.128 e. The molecule has 0 aliphatic heterocycles. The number of hydrogen-bond donors (Lipinski definition) is 1. The van der Waals surface area contributed by atoms with Gasteiger partial charge in [-0.25, -0.2) is 0 Å². The van der Waals surface area contributed by atoms with Crippen molar-refractivity contribution in [2.75, 3.05) is 12.4 Å². The summed E-state index contributed by atoms with van der Waals surface area (Å²) in [6, 6.07) is 9.99. The molecule has 3 heteroatoms. The average Bonchev–Trinajstić information content (AvgIpc) is 2.43. The van der Waals surface area contributed by atoms with E-state index in [1.54, 1.807) is 6.20 Å². The number of pyridine rings is 1. The van der Waals surface area contributed by atoms with Crippen molar-refractivity contribution in [3.63, 3.8) is 0 Å². The molecule has 1 aromatic heterocycles. The zero-order valence-corrected chi connectivity index (χ0v) is 11.6. The molecular formula is C15H19NOS. The number of fused-ring (bicyclic) bond motifs is 1. The second-order valence-corrected chi connectivity index (χ2v) is 4.84. The fourth-order valence-electron chi connectivity index (χ4n) is 2.04. The van der Waals surface area contributed by atoms with Gasteiger partial charge >= 0.3 is 0 Å². The molecule has 96 valence electrons. The van der Waals surface area contributed by atoms with Crippen LogP contribution in [0.5, 0.6) is 5.75 Å². The van der Waals surface area contributed by atoms with Gasteiger partial charge in [-0.1, -0.05) is 19.4 Å². The first-order chi connectivity index (χ1) is 8.85. The first-order valence-corrected chi connectivity index (χ1v) is 7.05. The van der Waals surface area contributed by atoms with Crippen LogP contribution in [0.4, 0.5) is 0 Å². The molecule has 0 saturated carbocycles. The van der Waals surface area contributed by atoms with Crippen LogP contribution in [-0.2, 0) is 0 Å². The van der Waals surface area contributed by atoms with Crippen molar-refractivity contribution in [3.05, 3.63) is 36.5 Å². The summed E-state index contributed by atoms with van der Waals surface area (Å²) in [5.41, 5.74) is 0.980. The van der Waals surface area contributed by atoms with Crippen LogP contribution in [0.3, 0.4) is 0 Å². The molecule has 0 N–H and O–H groups in total. The van der Waals surface area contributed by atoms with E-state index in [9.17, 15) is 0 Å². The fourth-order valence-corrected chi connectivity index (χ4v) is 2.33. The van der Waals surface area contributed by atoms with Gasteiger partial charge in [0.1, 0.15) is 5.75 Å². The van der Waals surface area contributed by atoms with Crippen LogP contribution in [0, 0.1) is 5.92 Å². The second kappa shape index (κ2) is 6.64. The lowest BCUT2D eigenvalue weighted by molar-refractivity contribution is 0.257. The highest BCUT2D eigenvalue weighted by Crippen LogP contribution is 2.24. The molecule has 2 aromatic rings. The van der Waals surface area contributed by atoms with E-state index in [0.717, 1.165) is 35.4 Å². The number of rotatable bonds is 6. The number of thiol groups is 1. The van der Waals surface area contributed by atoms with Crippen LogP contribution >= 0.6 is 12.6 Å². The minimum Gasteiger partial charge on any atom is -0.493 e. The molecule has 1 unspecified atom stereocenters. The summed E-state index contributed by atoms with van der Waals surface area (Å²) in [5, 5.41) is 1.08. The quantitative estimate of drug-likeness (QED) is 0.795. The molecule has 0 aliphatic carbocycles. The molecular weight excluding hydrogens is 242 g/mol. The van der Waals surface area contributed by atoms with E-state index in [1.807, 2.05) is 30.3 Å². The molecule has 18 heavy (non-hydrogen) atoms. The van der Waals surface area contributed by atoms with E-state index in [4.69, 9.17) is 4.74 Å². The van der Waals surface area contributed by atoms with Gasteiger partial charge in [0.2, 0.25) is 0 Å². The third-order valence-electron chi connectivity index (χ3n) is 3.04. The van der Waals surface area contributed by atoms with E-state index in [0.29, 0.717) is 5.92 Å². The molecule has 0 spiro atoms. The average molecular weight is 261 g/mol. The van der Waals surface area contributed by atoms with Crippen molar-refractivity contribution in [2.24, 2.45) is 5.92 Å². The molecule has 2 nitrogen and oxygen atoms in total. The van der Waals surface area contributed by atoms with Gasteiger partial charge in [-0.2, -0.15) is 12.6 Å². The Morgan fingerprint density at radius 3 is 2.94 bits per heavy atom. The Balaban J connectivity index is 2.11. The van der Waals surface area contributed by atoms with Crippen LogP contribution in [0.15, 0.2) is 36.5 Å². The minimum absolute atomic E-state index is 0.519. The van der Waals surface area contributed by atoms with Gasteiger partial charge in [0, 0.05) is 17.5 Å². The topological polar surface area (TPSA) is 22.1 Å². The molecule has 0 aliphatic rings. The van der Waals surface area contributed by atoms with Crippen LogP contribution in [0.25, 0.3) is 10.9 Å². The molecule has 0 amide bonds. The number of aromatic nitrogens is 1. The first-order valence-electron chi connectivity index (χ1n) is 6.42. The second-order valence-electron chi connectivity index (χ2n) is 4.47. The third-order valence-corrected chi connectivity index (χ3v) is 3.55. The van der Waals surface area contributed by atoms with Crippen molar-refractivity contribution in [2.45, 2.75) is 19.8 Å². The molecule has 1 heterocycles. The Morgan fingerprint density at radius 2 is 2.17 bits per heavy atom. The van der Waals surface area contributed by atoms with Crippen molar-refractivity contribution in [3.8, 4) is 5.75 Å². The van der Waals surface area contributed by atoms with Gasteiger partial charge in [0.05, 0.1) is 12.1 Å². The SMILES string of the molecule is CCCC(CS)COc1cccc2ncccc12. The Kier molecular flexibility index (Phi) is 4.88. The fraction of sp³-hybridized carbons (Fsp3) is 0.400. The van der Waals surface area contributed by atoms with Crippen molar-refractivity contribution < 1.29 is 4.74 Å². The van der Waals surface area contributed by atoms with Crippen LogP contribution in [0.1, 0.15) is 19.8 Å². The van der Waals surface area contributed by atoms with Crippen molar-refractivity contribution in [1.29, 1.82) is 0 Å². The van der Waals surface area contributed by atoms with Crippen LogP contribution in [0.2, 0.25) is 0 Å². The predicted octanol–water partition coefficient (Wildman–Crippen LogP) is 3.96. The van der Waals surface area contributed by atoms with E-state index in [-0.39, 0.29) is 0 Å². The largest absolute Gasteiger partial charge is 0.493 e. The van der Waals surface area contributed by atoms with Gasteiger partial charge in [-0.05, 0) is 36.4 Å². The smallest absolute Gasteiger partial charge is 0.128 e. The van der Waals surface area contributed by atoms with Gasteiger partial charge < -0.3 is 4.74 Å². The number of nitrogens with zero attached hydrogens (tertiary/aromatic N) is 1. The highest BCUT2D eigenvalue weighted by molar-refractivity contribution is 7.80. The molecule has 1 aromatic carbocycles. The van der Waals surface area contributed by atoms with Crippen LogP contribution in [-0.4, -0.2) is 17.3 Å². The van der Waals surface area contributed by atoms with Gasteiger partial charge in [0.15, 0.2) is 0 Å². The summed E-state index contributed by atoms with van der Waals surface area (Å²) >= 11 is 4.38. The Bertz CT molecular complexity index is 495. The maximum absolute atomic E-state index is 5.94. The maximum atomic E-state index is 5.94. The summed E-state index contributed by atoms with van der Waals surface area (Å²) in [6.45, 7) is 2.92. The Labute approximate surface area is 114 Å². The summed E-state index contributed by atoms with van der Waals surface area (Å²) in [6.07, 6.45) is 4.14. The lowest BCUT2D eigenvalue weighted by Gasteiger charge is -2.15. The predicted molar refractivity (Wildman–Crippen MR) is 79.5 cm³/mol. The number of benzene rings is 1. The Hall–Kier alpha value is -1.22. The van der Waals surface area contributed by atoms with Gasteiger partial charge in [0.25, 0.3) is 0 Å². The Morgan fingerprint density at radius 1 is 1.28 bits per heavy atom. The molecule has 1 atom stereocenters. The highest BCUT2D eigenvalue weighted by Gasteiger charge is 2.08. The molecule has 0 saturated heterocycles. The summed E-state index contributed by atoms with van der Waals surface area (Å²) in [5.74, 6) is 2.31. The summed E-state index contributed by atoms with van der Waals surface area (Å²) < 4.78 is 5.94. The van der Waals surface area contributed by atoms with Gasteiger partial charge in [-0.15, -0.1) is 0 Å². The number of ether oxygens (including phenoxy) is 1. The molecule has 2 rings (SSSR count). The van der Waals surface area contributed by atoms with E-state index < -0.39 is 0 Å². The lowest BCUT2D eigenvalue weighted by atomic mass is 10.1. The lowest BCUT2D eigenvalue weighted by Crippen LogP contribution is -2.13. The van der Waals surface area contributed by atoms with Crippen molar-refractivity contribution in [1.82, 2.24) is 4.98 Å². The standard InChI is InChI=1S/C15H19NOS/c1-2-5-12(11-18)10-17-15-8-3-7-14-13(15)6-4-9-16-14/h3-4,6-9,12,18H,2,5,10-11H2,1H3. The molecule has 0 bridgehead atoms. The van der Waals surface area contributed by atoms with Gasteiger partial charge in [-0.3, -0.25) is 4.98 Å². The van der Waals surface area contributed by atoms with E-state index in [2.05, 4.69) is 24.5 Å². The number of hydrogen-bond acceptors (Lipinski definition) is 3. The zero-order valence-electron chi connectivity index (χ0n) is 10.7. The van der Waals surface area contributed by atoms with Crippen molar-refractivity contribution >= 4 is 23.5 Å². The normalized spacial score (nSPS) is 12.6. The third kappa shape index (κ3) is 3.16. The van der Waals surface area contributed by atoms with E-state index in [1.165, 1.54) is 6.42 Å². The minimum atomic E-state index is 0.519. The zero-order chi connectivity index (χ0) is 12.8. The van der Waals surface area contributed by atoms with E-state index >= 15 is 0 Å². The summed E-state index contributed by atoms with van der Waals surface area (Å²) in [7, 11) is 0. The summed E-state index contributed by atoms with van der Waals surface area (Å²) in [4.78, 5) is 4.33. The molecule has 0 radical (unpaired) electrons. The highest BCUT2D eigenvalue weighted by atomic mass is 32.1. The first kappa shape index (κ1) is 13.2. The van der Waals surface area contributed by atoms with Crippen LogP contribution < -0.4 is 4.74 Å². The monoisotopic (exact) mass is 261 g/mol.